The first-order valence-electron chi connectivity index (χ1n) is 7.76. The van der Waals surface area contributed by atoms with Crippen LogP contribution in [0.5, 0.6) is 0 Å². The lowest BCUT2D eigenvalue weighted by atomic mass is 10.3. The molecule has 0 radical (unpaired) electrons. The molecule has 0 saturated heterocycles. The van der Waals surface area contributed by atoms with Crippen LogP contribution in [0.1, 0.15) is 0 Å². The van der Waals surface area contributed by atoms with Crippen LogP contribution in [0.15, 0.2) is 65.3 Å². The van der Waals surface area contributed by atoms with Crippen LogP contribution in [0, 0.1) is 0 Å². The van der Waals surface area contributed by atoms with E-state index in [1.807, 2.05) is 35.7 Å². The van der Waals surface area contributed by atoms with Crippen molar-refractivity contribution in [2.45, 2.75) is 5.03 Å². The third-order valence-corrected chi connectivity index (χ3v) is 5.83. The number of aromatic nitrogens is 3. The Morgan fingerprint density at radius 2 is 2.15 bits per heavy atom. The van der Waals surface area contributed by atoms with Crippen LogP contribution in [-0.2, 0) is 4.79 Å². The molecule has 3 heterocycles. The average molecular weight is 401 g/mol. The van der Waals surface area contributed by atoms with Gasteiger partial charge in [-0.3, -0.25) is 4.79 Å². The van der Waals surface area contributed by atoms with Crippen molar-refractivity contribution in [1.29, 1.82) is 0 Å². The third-order valence-electron chi connectivity index (χ3n) is 3.62. The van der Waals surface area contributed by atoms with E-state index >= 15 is 0 Å². The summed E-state index contributed by atoms with van der Waals surface area (Å²) < 4.78 is 1.79. The SMILES string of the molecule is O=C(CSc1nccn2nc(-c3cccs3)cc12)Nc1ccccc1Cl. The molecule has 1 N–H and O–H groups in total. The average Bonchev–Trinajstić information content (AvgIpc) is 3.31. The Kier molecular flexibility index (Phi) is 4.92. The van der Waals surface area contributed by atoms with Gasteiger partial charge in [0.25, 0.3) is 0 Å². The van der Waals surface area contributed by atoms with E-state index in [9.17, 15) is 4.79 Å². The van der Waals surface area contributed by atoms with Gasteiger partial charge in [-0.25, -0.2) is 9.50 Å². The highest BCUT2D eigenvalue weighted by atomic mass is 35.5. The number of anilines is 1. The van der Waals surface area contributed by atoms with E-state index in [0.717, 1.165) is 21.1 Å². The molecule has 130 valence electrons. The Balaban J connectivity index is 1.50. The summed E-state index contributed by atoms with van der Waals surface area (Å²) in [6, 6.07) is 13.2. The van der Waals surface area contributed by atoms with Gasteiger partial charge in [0.05, 0.1) is 26.9 Å². The summed E-state index contributed by atoms with van der Waals surface area (Å²) in [6.07, 6.45) is 3.49. The van der Waals surface area contributed by atoms with Gasteiger partial charge in [-0.2, -0.15) is 5.10 Å². The molecule has 1 aromatic carbocycles. The summed E-state index contributed by atoms with van der Waals surface area (Å²) in [7, 11) is 0. The monoisotopic (exact) mass is 400 g/mol. The summed E-state index contributed by atoms with van der Waals surface area (Å²) in [4.78, 5) is 17.7. The van der Waals surface area contributed by atoms with Crippen LogP contribution in [0.3, 0.4) is 0 Å². The lowest BCUT2D eigenvalue weighted by Crippen LogP contribution is -2.14. The minimum atomic E-state index is -0.134. The molecule has 0 unspecified atom stereocenters. The number of rotatable bonds is 5. The first-order chi connectivity index (χ1) is 12.7. The van der Waals surface area contributed by atoms with Crippen molar-refractivity contribution in [2.24, 2.45) is 0 Å². The van der Waals surface area contributed by atoms with Gasteiger partial charge < -0.3 is 5.32 Å². The molecule has 0 bridgehead atoms. The fourth-order valence-corrected chi connectivity index (χ4v) is 4.08. The van der Waals surface area contributed by atoms with Gasteiger partial charge in [0.15, 0.2) is 0 Å². The van der Waals surface area contributed by atoms with Crippen LogP contribution in [0.4, 0.5) is 5.69 Å². The quantitative estimate of drug-likeness (QED) is 0.487. The zero-order valence-electron chi connectivity index (χ0n) is 13.4. The number of benzene rings is 1. The molecular weight excluding hydrogens is 388 g/mol. The van der Waals surface area contributed by atoms with Crippen molar-refractivity contribution >= 4 is 51.8 Å². The summed E-state index contributed by atoms with van der Waals surface area (Å²) in [5.41, 5.74) is 2.39. The predicted molar refractivity (Wildman–Crippen MR) is 107 cm³/mol. The number of nitrogens with zero attached hydrogens (tertiary/aromatic N) is 3. The summed E-state index contributed by atoms with van der Waals surface area (Å²) in [6.45, 7) is 0. The van der Waals surface area contributed by atoms with E-state index in [-0.39, 0.29) is 11.7 Å². The van der Waals surface area contributed by atoms with Crippen molar-refractivity contribution in [1.82, 2.24) is 14.6 Å². The Morgan fingerprint density at radius 1 is 1.27 bits per heavy atom. The van der Waals surface area contributed by atoms with Crippen LogP contribution in [-0.4, -0.2) is 26.3 Å². The highest BCUT2D eigenvalue weighted by Gasteiger charge is 2.12. The number of amides is 1. The molecule has 0 fully saturated rings. The van der Waals surface area contributed by atoms with Crippen LogP contribution in [0.2, 0.25) is 5.02 Å². The molecular formula is C18H13ClN4OS2. The third kappa shape index (κ3) is 3.60. The fourth-order valence-electron chi connectivity index (χ4n) is 2.44. The molecule has 0 aliphatic rings. The second kappa shape index (κ2) is 7.49. The van der Waals surface area contributed by atoms with Crippen LogP contribution >= 0.6 is 34.7 Å². The largest absolute Gasteiger partial charge is 0.324 e. The maximum Gasteiger partial charge on any atom is 0.234 e. The van der Waals surface area contributed by atoms with Crippen molar-refractivity contribution in [2.75, 3.05) is 11.1 Å². The first kappa shape index (κ1) is 17.1. The van der Waals surface area contributed by atoms with E-state index in [1.165, 1.54) is 11.8 Å². The van der Waals surface area contributed by atoms with Crippen LogP contribution < -0.4 is 5.32 Å². The molecule has 5 nitrogen and oxygen atoms in total. The van der Waals surface area contributed by atoms with Crippen molar-refractivity contribution in [3.63, 3.8) is 0 Å². The zero-order valence-corrected chi connectivity index (χ0v) is 15.8. The second-order valence-corrected chi connectivity index (χ2v) is 7.70. The van der Waals surface area contributed by atoms with Gasteiger partial charge in [0.1, 0.15) is 10.7 Å². The normalized spacial score (nSPS) is 11.0. The van der Waals surface area contributed by atoms with Gasteiger partial charge in [-0.1, -0.05) is 41.6 Å². The molecule has 3 aromatic heterocycles. The molecule has 1 amide bonds. The molecule has 4 rings (SSSR count). The summed E-state index contributed by atoms with van der Waals surface area (Å²) >= 11 is 9.08. The highest BCUT2D eigenvalue weighted by Crippen LogP contribution is 2.28. The van der Waals surface area contributed by atoms with Crippen molar-refractivity contribution in [3.05, 3.63) is 65.3 Å². The maximum absolute atomic E-state index is 12.2. The van der Waals surface area contributed by atoms with Gasteiger partial charge in [-0.15, -0.1) is 11.3 Å². The maximum atomic E-state index is 12.2. The molecule has 0 aliphatic carbocycles. The number of hydrogen-bond donors (Lipinski definition) is 1. The van der Waals surface area contributed by atoms with E-state index in [2.05, 4.69) is 15.4 Å². The smallest absolute Gasteiger partial charge is 0.234 e. The van der Waals surface area contributed by atoms with Gasteiger partial charge in [-0.05, 0) is 29.6 Å². The standard InChI is InChI=1S/C18H13ClN4OS2/c19-12-4-1-2-5-13(12)21-17(24)11-26-18-15-10-14(16-6-3-9-25-16)22-23(15)8-7-20-18/h1-10H,11H2,(H,21,24). The van der Waals surface area contributed by atoms with Crippen LogP contribution in [0.25, 0.3) is 16.1 Å². The molecule has 0 saturated carbocycles. The first-order valence-corrected chi connectivity index (χ1v) is 10.0. The Bertz CT molecular complexity index is 1060. The van der Waals surface area contributed by atoms with E-state index in [4.69, 9.17) is 11.6 Å². The molecule has 4 aromatic rings. The van der Waals surface area contributed by atoms with Crippen molar-refractivity contribution < 1.29 is 4.79 Å². The molecule has 0 spiro atoms. The van der Waals surface area contributed by atoms with Gasteiger partial charge >= 0.3 is 0 Å². The molecule has 26 heavy (non-hydrogen) atoms. The summed E-state index contributed by atoms with van der Waals surface area (Å²) in [5.74, 6) is 0.0992. The highest BCUT2D eigenvalue weighted by molar-refractivity contribution is 8.00. The number of fused-ring (bicyclic) bond motifs is 1. The molecule has 0 aliphatic heterocycles. The minimum absolute atomic E-state index is 0.134. The lowest BCUT2D eigenvalue weighted by Gasteiger charge is -2.07. The number of hydrogen-bond acceptors (Lipinski definition) is 5. The molecule has 8 heteroatoms. The lowest BCUT2D eigenvalue weighted by molar-refractivity contribution is -0.113. The number of halogens is 1. The number of nitrogens with one attached hydrogen (secondary N) is 1. The number of thiophene rings is 1. The minimum Gasteiger partial charge on any atom is -0.324 e. The Hall–Kier alpha value is -2.35. The van der Waals surface area contributed by atoms with Crippen molar-refractivity contribution in [3.8, 4) is 10.6 Å². The fraction of sp³-hybridized carbons (Fsp3) is 0.0556. The zero-order chi connectivity index (χ0) is 17.9. The topological polar surface area (TPSA) is 59.3 Å². The number of carbonyl (C=O) groups is 1. The Labute approximate surface area is 163 Å². The summed E-state index contributed by atoms with van der Waals surface area (Å²) in [5, 5.41) is 10.7. The molecule has 0 atom stereocenters. The van der Waals surface area contributed by atoms with E-state index in [0.29, 0.717) is 10.7 Å². The number of carbonyl (C=O) groups excluding carboxylic acids is 1. The van der Waals surface area contributed by atoms with Gasteiger partial charge in [0, 0.05) is 12.4 Å². The number of thioether (sulfide) groups is 1. The second-order valence-electron chi connectivity index (χ2n) is 5.39. The van der Waals surface area contributed by atoms with E-state index in [1.54, 1.807) is 40.4 Å². The van der Waals surface area contributed by atoms with Gasteiger partial charge in [0.2, 0.25) is 5.91 Å². The predicted octanol–water partition coefficient (Wildman–Crippen LogP) is 4.84. The Morgan fingerprint density at radius 3 is 2.96 bits per heavy atom. The van der Waals surface area contributed by atoms with E-state index < -0.39 is 0 Å². The number of para-hydroxylation sites is 1.